The third kappa shape index (κ3) is 4.37. The normalized spacial score (nSPS) is 18.4. The zero-order chi connectivity index (χ0) is 6.36. The molecule has 0 spiro atoms. The summed E-state index contributed by atoms with van der Waals surface area (Å²) in [5.41, 5.74) is 0. The van der Waals surface area contributed by atoms with Crippen molar-refractivity contribution < 1.29 is 0 Å². The van der Waals surface area contributed by atoms with Gasteiger partial charge in [-0.05, 0) is 32.1 Å². The second-order valence-corrected chi connectivity index (χ2v) is 2.28. The van der Waals surface area contributed by atoms with E-state index < -0.39 is 0 Å². The number of rotatable bonds is 0. The second-order valence-electron chi connectivity index (χ2n) is 2.28. The molecule has 1 aliphatic carbocycles. The van der Waals surface area contributed by atoms with Crippen LogP contribution in [0.15, 0.2) is 24.3 Å². The molecule has 0 aromatic rings. The van der Waals surface area contributed by atoms with Crippen LogP contribution in [0.1, 0.15) is 25.7 Å². The highest BCUT2D eigenvalue weighted by Crippen LogP contribution is 2.03. The Labute approximate surface area is 64.6 Å². The molecule has 1 rings (SSSR count). The molecule has 0 saturated heterocycles. The van der Waals surface area contributed by atoms with Crippen molar-refractivity contribution in [1.29, 1.82) is 0 Å². The SMILES string of the molecule is [CH2].[CH]1CC=CCCC=CC1. The van der Waals surface area contributed by atoms with Crippen molar-refractivity contribution in [2.24, 2.45) is 0 Å². The first-order valence-electron chi connectivity index (χ1n) is 3.62. The Hall–Kier alpha value is -0.520. The molecule has 0 saturated carbocycles. The summed E-state index contributed by atoms with van der Waals surface area (Å²) in [4.78, 5) is 0. The van der Waals surface area contributed by atoms with Gasteiger partial charge in [0.2, 0.25) is 0 Å². The summed E-state index contributed by atoms with van der Waals surface area (Å²) in [6.07, 6.45) is 16.0. The monoisotopic (exact) mass is 135 g/mol. The van der Waals surface area contributed by atoms with Crippen LogP contribution in [0, 0.1) is 13.8 Å². The lowest BCUT2D eigenvalue weighted by atomic mass is 10.2. The van der Waals surface area contributed by atoms with E-state index in [-0.39, 0.29) is 7.43 Å². The van der Waals surface area contributed by atoms with Gasteiger partial charge in [0.05, 0.1) is 0 Å². The highest BCUT2D eigenvalue weighted by molar-refractivity contribution is 4.96. The van der Waals surface area contributed by atoms with Crippen LogP contribution >= 0.6 is 0 Å². The Morgan fingerprint density at radius 2 is 1.20 bits per heavy atom. The lowest BCUT2D eigenvalue weighted by Gasteiger charge is -1.85. The van der Waals surface area contributed by atoms with Crippen LogP contribution in [0.25, 0.3) is 0 Å². The third-order valence-corrected chi connectivity index (χ3v) is 1.44. The summed E-state index contributed by atoms with van der Waals surface area (Å²) >= 11 is 0. The highest BCUT2D eigenvalue weighted by atomic mass is 13.9. The van der Waals surface area contributed by atoms with Crippen molar-refractivity contribution in [3.05, 3.63) is 38.2 Å². The zero-order valence-corrected chi connectivity index (χ0v) is 6.42. The molecule has 0 nitrogen and oxygen atoms in total. The Balaban J connectivity index is 0.000000810. The largest absolute Gasteiger partial charge is 0.0882 e. The summed E-state index contributed by atoms with van der Waals surface area (Å²) in [5, 5.41) is 0. The first-order valence-corrected chi connectivity index (χ1v) is 3.62. The van der Waals surface area contributed by atoms with E-state index in [0.717, 1.165) is 12.8 Å². The van der Waals surface area contributed by atoms with Crippen LogP contribution in [0.3, 0.4) is 0 Å². The minimum absolute atomic E-state index is 0. The van der Waals surface area contributed by atoms with Crippen molar-refractivity contribution >= 4 is 0 Å². The first-order chi connectivity index (χ1) is 4.50. The maximum absolute atomic E-state index is 2.29. The van der Waals surface area contributed by atoms with Gasteiger partial charge in [-0.15, -0.1) is 0 Å². The van der Waals surface area contributed by atoms with Gasteiger partial charge < -0.3 is 0 Å². The molecule has 10 heavy (non-hydrogen) atoms. The van der Waals surface area contributed by atoms with Crippen LogP contribution in [0.2, 0.25) is 0 Å². The molecule has 0 aromatic carbocycles. The Bertz CT molecular complexity index is 95.2. The van der Waals surface area contributed by atoms with E-state index in [2.05, 4.69) is 30.7 Å². The molecule has 0 fully saturated rings. The molecule has 55 valence electrons. The molecule has 1 aliphatic rings. The number of hydrogen-bond acceptors (Lipinski definition) is 0. The number of hydrogen-bond donors (Lipinski definition) is 0. The van der Waals surface area contributed by atoms with Gasteiger partial charge in [0, 0.05) is 0 Å². The molecule has 0 heterocycles. The van der Waals surface area contributed by atoms with Crippen LogP contribution in [-0.2, 0) is 0 Å². The van der Waals surface area contributed by atoms with Crippen molar-refractivity contribution in [2.45, 2.75) is 25.7 Å². The van der Waals surface area contributed by atoms with Crippen molar-refractivity contribution in [3.8, 4) is 0 Å². The molecule has 0 bridgehead atoms. The van der Waals surface area contributed by atoms with Crippen molar-refractivity contribution in [1.82, 2.24) is 0 Å². The molecule has 0 aliphatic heterocycles. The van der Waals surface area contributed by atoms with Gasteiger partial charge in [0.25, 0.3) is 0 Å². The zero-order valence-electron chi connectivity index (χ0n) is 6.42. The third-order valence-electron chi connectivity index (χ3n) is 1.44. The van der Waals surface area contributed by atoms with Gasteiger partial charge in [-0.2, -0.15) is 0 Å². The van der Waals surface area contributed by atoms with E-state index in [1.807, 2.05) is 0 Å². The average molecular weight is 135 g/mol. The Morgan fingerprint density at radius 1 is 0.700 bits per heavy atom. The average Bonchev–Trinajstić information content (AvgIpc) is 2.00. The molecular weight excluding hydrogens is 120 g/mol. The summed E-state index contributed by atoms with van der Waals surface area (Å²) < 4.78 is 0. The molecular formula is C10H15. The fourth-order valence-electron chi connectivity index (χ4n) is 0.909. The van der Waals surface area contributed by atoms with Crippen LogP contribution in [-0.4, -0.2) is 0 Å². The number of allylic oxidation sites excluding steroid dienone is 4. The van der Waals surface area contributed by atoms with E-state index in [0.29, 0.717) is 0 Å². The summed E-state index contributed by atoms with van der Waals surface area (Å²) in [6, 6.07) is 0. The van der Waals surface area contributed by atoms with Gasteiger partial charge in [0.15, 0.2) is 0 Å². The van der Waals surface area contributed by atoms with Gasteiger partial charge in [0.1, 0.15) is 0 Å². The molecule has 0 amide bonds. The predicted octanol–water partition coefficient (Wildman–Crippen LogP) is 3.20. The van der Waals surface area contributed by atoms with E-state index in [9.17, 15) is 0 Å². The molecule has 3 radical (unpaired) electrons. The fourth-order valence-corrected chi connectivity index (χ4v) is 0.909. The molecule has 0 unspecified atom stereocenters. The minimum atomic E-state index is 0. The van der Waals surface area contributed by atoms with Gasteiger partial charge >= 0.3 is 0 Å². The molecule has 0 atom stereocenters. The van der Waals surface area contributed by atoms with E-state index >= 15 is 0 Å². The van der Waals surface area contributed by atoms with Crippen molar-refractivity contribution in [2.75, 3.05) is 0 Å². The van der Waals surface area contributed by atoms with Gasteiger partial charge in [-0.1, -0.05) is 31.7 Å². The van der Waals surface area contributed by atoms with Crippen LogP contribution in [0.5, 0.6) is 0 Å². The summed E-state index contributed by atoms with van der Waals surface area (Å²) in [7, 11) is 0. The predicted molar refractivity (Wildman–Crippen MR) is 46.4 cm³/mol. The van der Waals surface area contributed by atoms with E-state index in [4.69, 9.17) is 0 Å². The van der Waals surface area contributed by atoms with E-state index in [1.54, 1.807) is 0 Å². The fraction of sp³-hybridized carbons (Fsp3) is 0.400. The van der Waals surface area contributed by atoms with E-state index in [1.165, 1.54) is 12.8 Å². The maximum Gasteiger partial charge on any atom is -0.0311 e. The molecule has 0 aromatic heterocycles. The first kappa shape index (κ1) is 9.48. The van der Waals surface area contributed by atoms with Gasteiger partial charge in [-0.25, -0.2) is 0 Å². The Kier molecular flexibility index (Phi) is 6.25. The summed E-state index contributed by atoms with van der Waals surface area (Å²) in [5.74, 6) is 0. The standard InChI is InChI=1S/C9H13.CH2/c1-2-4-6-8-9-7-5-3-1;/h1-2,5,8-9H,3-4,6-7H2;1H2. The smallest absolute Gasteiger partial charge is 0.0311 e. The molecule has 0 heteroatoms. The Morgan fingerprint density at radius 3 is 1.70 bits per heavy atom. The quantitative estimate of drug-likeness (QED) is 0.447. The second kappa shape index (κ2) is 6.60. The van der Waals surface area contributed by atoms with Crippen molar-refractivity contribution in [3.63, 3.8) is 0 Å². The highest BCUT2D eigenvalue weighted by Gasteiger charge is 1.84. The van der Waals surface area contributed by atoms with Crippen LogP contribution < -0.4 is 0 Å². The minimum Gasteiger partial charge on any atom is -0.0882 e. The lowest BCUT2D eigenvalue weighted by molar-refractivity contribution is 1.05. The maximum atomic E-state index is 2.29. The summed E-state index contributed by atoms with van der Waals surface area (Å²) in [6.45, 7) is 0. The lowest BCUT2D eigenvalue weighted by Crippen LogP contribution is -1.67. The topological polar surface area (TPSA) is 0 Å². The van der Waals surface area contributed by atoms with Gasteiger partial charge in [-0.3, -0.25) is 0 Å². The van der Waals surface area contributed by atoms with Crippen LogP contribution in [0.4, 0.5) is 0 Å². The molecule has 0 N–H and O–H groups in total.